The van der Waals surface area contributed by atoms with E-state index in [1.807, 2.05) is 18.2 Å². The Kier molecular flexibility index (Phi) is 5.68. The lowest BCUT2D eigenvalue weighted by atomic mass is 10.2. The molecule has 0 aliphatic carbocycles. The lowest BCUT2D eigenvalue weighted by Crippen LogP contribution is -2.48. The second-order valence-electron chi connectivity index (χ2n) is 6.04. The summed E-state index contributed by atoms with van der Waals surface area (Å²) < 4.78 is 0. The molecule has 1 aliphatic rings. The van der Waals surface area contributed by atoms with Gasteiger partial charge in [0.2, 0.25) is 5.91 Å². The van der Waals surface area contributed by atoms with Crippen LogP contribution in [0.4, 0.5) is 5.82 Å². The molecule has 8 heteroatoms. The number of hydrogen-bond donors (Lipinski definition) is 1. The van der Waals surface area contributed by atoms with Crippen LogP contribution in [0.3, 0.4) is 0 Å². The van der Waals surface area contributed by atoms with Gasteiger partial charge < -0.3 is 15.1 Å². The minimum atomic E-state index is -0.301. The third-order valence-corrected chi connectivity index (χ3v) is 4.70. The van der Waals surface area contributed by atoms with Gasteiger partial charge in [0.1, 0.15) is 0 Å². The van der Waals surface area contributed by atoms with Crippen molar-refractivity contribution in [2.45, 2.75) is 13.5 Å². The number of halogens is 1. The lowest BCUT2D eigenvalue weighted by Gasteiger charge is -2.34. The Hall–Kier alpha value is -2.67. The number of nitrogens with one attached hydrogen (secondary N) is 1. The molecule has 0 saturated carbocycles. The van der Waals surface area contributed by atoms with Crippen LogP contribution < -0.4 is 10.2 Å². The van der Waals surface area contributed by atoms with Crippen LogP contribution in [-0.2, 0) is 11.3 Å². The summed E-state index contributed by atoms with van der Waals surface area (Å²) in [5.41, 5.74) is 1.10. The van der Waals surface area contributed by atoms with Crippen LogP contribution in [0.25, 0.3) is 0 Å². The number of piperazine rings is 1. The Morgan fingerprint density at radius 2 is 1.81 bits per heavy atom. The van der Waals surface area contributed by atoms with Crippen molar-refractivity contribution in [3.8, 4) is 0 Å². The molecule has 0 bridgehead atoms. The van der Waals surface area contributed by atoms with Crippen LogP contribution in [-0.4, -0.2) is 53.1 Å². The van der Waals surface area contributed by atoms with Gasteiger partial charge in [-0.15, -0.1) is 10.2 Å². The molecule has 7 nitrogen and oxygen atoms in total. The number of nitrogens with zero attached hydrogens (tertiary/aromatic N) is 4. The van der Waals surface area contributed by atoms with Crippen molar-refractivity contribution in [2.75, 3.05) is 31.1 Å². The van der Waals surface area contributed by atoms with Gasteiger partial charge >= 0.3 is 0 Å². The maximum Gasteiger partial charge on any atom is 0.272 e. The molecule has 3 rings (SSSR count). The highest BCUT2D eigenvalue weighted by Crippen LogP contribution is 2.15. The molecule has 1 aromatic carbocycles. The molecule has 0 atom stereocenters. The van der Waals surface area contributed by atoms with Gasteiger partial charge in [0.05, 0.1) is 0 Å². The Morgan fingerprint density at radius 1 is 1.08 bits per heavy atom. The zero-order chi connectivity index (χ0) is 18.5. The van der Waals surface area contributed by atoms with Crippen LogP contribution >= 0.6 is 11.6 Å². The molecule has 2 heterocycles. The Balaban J connectivity index is 1.56. The number of benzene rings is 1. The zero-order valence-corrected chi connectivity index (χ0v) is 15.2. The minimum Gasteiger partial charge on any atom is -0.352 e. The van der Waals surface area contributed by atoms with Crippen LogP contribution in [0.2, 0.25) is 5.02 Å². The first-order valence-electron chi connectivity index (χ1n) is 8.40. The van der Waals surface area contributed by atoms with Gasteiger partial charge in [0, 0.05) is 44.7 Å². The summed E-state index contributed by atoms with van der Waals surface area (Å²) in [5, 5.41) is 11.6. The molecule has 1 aliphatic heterocycles. The van der Waals surface area contributed by atoms with E-state index in [1.54, 1.807) is 30.0 Å². The number of hydrogen-bond acceptors (Lipinski definition) is 5. The first kappa shape index (κ1) is 18.1. The minimum absolute atomic E-state index is 0.0845. The third kappa shape index (κ3) is 4.29. The number of aromatic nitrogens is 2. The van der Waals surface area contributed by atoms with Gasteiger partial charge in [0.15, 0.2) is 11.5 Å². The van der Waals surface area contributed by atoms with Crippen LogP contribution in [0.15, 0.2) is 36.4 Å². The average Bonchev–Trinajstić information content (AvgIpc) is 2.67. The maximum absolute atomic E-state index is 12.2. The summed E-state index contributed by atoms with van der Waals surface area (Å²) >= 11 is 6.08. The quantitative estimate of drug-likeness (QED) is 0.883. The number of rotatable bonds is 4. The van der Waals surface area contributed by atoms with Crippen molar-refractivity contribution < 1.29 is 9.59 Å². The monoisotopic (exact) mass is 373 g/mol. The molecule has 2 amide bonds. The van der Waals surface area contributed by atoms with Gasteiger partial charge in [-0.05, 0) is 23.8 Å². The van der Waals surface area contributed by atoms with E-state index in [0.29, 0.717) is 43.6 Å². The summed E-state index contributed by atoms with van der Waals surface area (Å²) in [5.74, 6) is 0.488. The molecule has 0 radical (unpaired) electrons. The molecule has 1 aromatic heterocycles. The lowest BCUT2D eigenvalue weighted by molar-refractivity contribution is -0.129. The van der Waals surface area contributed by atoms with E-state index in [-0.39, 0.29) is 17.5 Å². The predicted molar refractivity (Wildman–Crippen MR) is 99.1 cm³/mol. The summed E-state index contributed by atoms with van der Waals surface area (Å²) in [7, 11) is 0. The largest absolute Gasteiger partial charge is 0.352 e. The SMILES string of the molecule is CC(=O)N1CCN(c2ccc(C(=O)NCc3ccccc3Cl)nn2)CC1. The predicted octanol–water partition coefficient (Wildman–Crippen LogP) is 1.73. The number of carbonyl (C=O) groups excluding carboxylic acids is 2. The van der Waals surface area contributed by atoms with Crippen molar-refractivity contribution in [1.29, 1.82) is 0 Å². The molecule has 26 heavy (non-hydrogen) atoms. The van der Waals surface area contributed by atoms with Crippen LogP contribution in [0.1, 0.15) is 23.0 Å². The molecule has 1 N–H and O–H groups in total. The third-order valence-electron chi connectivity index (χ3n) is 4.33. The van der Waals surface area contributed by atoms with Crippen molar-refractivity contribution in [3.63, 3.8) is 0 Å². The highest BCUT2D eigenvalue weighted by atomic mass is 35.5. The van der Waals surface area contributed by atoms with Gasteiger partial charge in [-0.25, -0.2) is 0 Å². The fourth-order valence-corrected chi connectivity index (χ4v) is 2.98. The Morgan fingerprint density at radius 3 is 2.42 bits per heavy atom. The highest BCUT2D eigenvalue weighted by molar-refractivity contribution is 6.31. The number of amides is 2. The standard InChI is InChI=1S/C18H20ClN5O2/c1-13(25)23-8-10-24(11-9-23)17-7-6-16(21-22-17)18(26)20-12-14-4-2-3-5-15(14)19/h2-7H,8-12H2,1H3,(H,20,26). The van der Waals surface area contributed by atoms with E-state index in [9.17, 15) is 9.59 Å². The van der Waals surface area contributed by atoms with Crippen molar-refractivity contribution >= 4 is 29.2 Å². The first-order chi connectivity index (χ1) is 12.5. The van der Waals surface area contributed by atoms with Crippen molar-refractivity contribution in [2.24, 2.45) is 0 Å². The molecule has 1 saturated heterocycles. The molecule has 1 fully saturated rings. The number of carbonyl (C=O) groups is 2. The Bertz CT molecular complexity index is 788. The van der Waals surface area contributed by atoms with Crippen LogP contribution in [0.5, 0.6) is 0 Å². The number of anilines is 1. The van der Waals surface area contributed by atoms with E-state index in [2.05, 4.69) is 20.4 Å². The fourth-order valence-electron chi connectivity index (χ4n) is 2.77. The first-order valence-corrected chi connectivity index (χ1v) is 8.78. The maximum atomic E-state index is 12.2. The summed E-state index contributed by atoms with van der Waals surface area (Å²) in [4.78, 5) is 27.5. The smallest absolute Gasteiger partial charge is 0.272 e. The summed E-state index contributed by atoms with van der Waals surface area (Å²) in [6.07, 6.45) is 0. The second kappa shape index (κ2) is 8.14. The van der Waals surface area contributed by atoms with E-state index >= 15 is 0 Å². The molecule has 0 unspecified atom stereocenters. The molecule has 2 aromatic rings. The zero-order valence-electron chi connectivity index (χ0n) is 14.5. The van der Waals surface area contributed by atoms with Gasteiger partial charge in [-0.2, -0.15) is 0 Å². The molecule has 136 valence electrons. The van der Waals surface area contributed by atoms with Gasteiger partial charge in [-0.3, -0.25) is 9.59 Å². The van der Waals surface area contributed by atoms with Gasteiger partial charge in [0.25, 0.3) is 5.91 Å². The van der Waals surface area contributed by atoms with E-state index in [1.165, 1.54) is 0 Å². The van der Waals surface area contributed by atoms with Crippen molar-refractivity contribution in [3.05, 3.63) is 52.7 Å². The molecule has 0 spiro atoms. The molecular weight excluding hydrogens is 354 g/mol. The summed E-state index contributed by atoms with van der Waals surface area (Å²) in [6, 6.07) is 10.8. The van der Waals surface area contributed by atoms with E-state index in [0.717, 1.165) is 5.56 Å². The van der Waals surface area contributed by atoms with Crippen molar-refractivity contribution in [1.82, 2.24) is 20.4 Å². The van der Waals surface area contributed by atoms with E-state index < -0.39 is 0 Å². The highest BCUT2D eigenvalue weighted by Gasteiger charge is 2.20. The topological polar surface area (TPSA) is 78.4 Å². The normalized spacial score (nSPS) is 14.2. The Labute approximate surface area is 157 Å². The average molecular weight is 374 g/mol. The van der Waals surface area contributed by atoms with Gasteiger partial charge in [-0.1, -0.05) is 29.8 Å². The van der Waals surface area contributed by atoms with E-state index in [4.69, 9.17) is 11.6 Å². The molecular formula is C18H20ClN5O2. The summed E-state index contributed by atoms with van der Waals surface area (Å²) in [6.45, 7) is 4.63. The second-order valence-corrected chi connectivity index (χ2v) is 6.45. The van der Waals surface area contributed by atoms with Crippen LogP contribution in [0, 0.1) is 0 Å². The fraction of sp³-hybridized carbons (Fsp3) is 0.333.